The maximum Gasteiger partial charge on any atom is 0.234 e. The number of carbonyl (C=O) groups excluding carboxylic acids is 1. The van der Waals surface area contributed by atoms with Crippen LogP contribution in [0.1, 0.15) is 0 Å². The van der Waals surface area contributed by atoms with E-state index in [0.717, 1.165) is 15.6 Å². The first kappa shape index (κ1) is 13.3. The number of rotatable bonds is 2. The van der Waals surface area contributed by atoms with Gasteiger partial charge in [0.2, 0.25) is 5.91 Å². The van der Waals surface area contributed by atoms with Crippen molar-refractivity contribution in [2.75, 3.05) is 24.5 Å². The van der Waals surface area contributed by atoms with Crippen LogP contribution in [0, 0.1) is 23.3 Å². The van der Waals surface area contributed by atoms with Crippen LogP contribution in [0.3, 0.4) is 0 Å². The average Bonchev–Trinajstić information content (AvgIpc) is 3.24. The number of fused-ring (bicyclic) bond motifs is 1. The molecule has 0 aliphatic carbocycles. The van der Waals surface area contributed by atoms with Crippen LogP contribution in [0.15, 0.2) is 36.5 Å². The second-order valence-corrected chi connectivity index (χ2v) is 6.70. The third-order valence-electron chi connectivity index (χ3n) is 4.37. The van der Waals surface area contributed by atoms with Crippen LogP contribution in [0.2, 0.25) is 0 Å². The molecule has 2 saturated heterocycles. The number of anilines is 1. The van der Waals surface area contributed by atoms with E-state index in [9.17, 15) is 4.79 Å². The number of hydrogen-bond acceptors (Lipinski definition) is 5. The number of likely N-dealkylation sites (tertiary alicyclic amines) is 1. The first-order valence-corrected chi connectivity index (χ1v) is 8.05. The van der Waals surface area contributed by atoms with E-state index in [4.69, 9.17) is 5.26 Å². The van der Waals surface area contributed by atoms with Crippen LogP contribution in [-0.2, 0) is 4.79 Å². The summed E-state index contributed by atoms with van der Waals surface area (Å²) in [5, 5.41) is 9.73. The summed E-state index contributed by atoms with van der Waals surface area (Å²) in [4.78, 5) is 21.5. The smallest absolute Gasteiger partial charge is 0.234 e. The van der Waals surface area contributed by atoms with Gasteiger partial charge >= 0.3 is 0 Å². The SMILES string of the molecule is N#CN1C[C@@H]2CN(c3ncc(-c4ccccc4)s3)C(=O)[C@@H]2C1. The van der Waals surface area contributed by atoms with Gasteiger partial charge in [-0.2, -0.15) is 5.26 Å². The molecule has 110 valence electrons. The second-order valence-electron chi connectivity index (χ2n) is 5.69. The van der Waals surface area contributed by atoms with Gasteiger partial charge in [-0.1, -0.05) is 41.7 Å². The van der Waals surface area contributed by atoms with E-state index in [1.54, 1.807) is 21.1 Å². The molecule has 0 spiro atoms. The van der Waals surface area contributed by atoms with Crippen molar-refractivity contribution in [2.45, 2.75) is 0 Å². The lowest BCUT2D eigenvalue weighted by Gasteiger charge is -2.16. The molecule has 22 heavy (non-hydrogen) atoms. The fourth-order valence-electron chi connectivity index (χ4n) is 3.24. The number of amides is 1. The van der Waals surface area contributed by atoms with Crippen molar-refractivity contribution in [3.8, 4) is 16.6 Å². The zero-order valence-corrected chi connectivity index (χ0v) is 12.7. The van der Waals surface area contributed by atoms with Gasteiger partial charge in [0.25, 0.3) is 0 Å². The summed E-state index contributed by atoms with van der Waals surface area (Å²) >= 11 is 1.55. The predicted octanol–water partition coefficient (Wildman–Crippen LogP) is 2.19. The molecule has 6 heteroatoms. The quantitative estimate of drug-likeness (QED) is 0.798. The maximum absolute atomic E-state index is 12.6. The predicted molar refractivity (Wildman–Crippen MR) is 84.1 cm³/mol. The van der Waals surface area contributed by atoms with E-state index >= 15 is 0 Å². The van der Waals surface area contributed by atoms with Crippen molar-refractivity contribution in [1.82, 2.24) is 9.88 Å². The lowest BCUT2D eigenvalue weighted by atomic mass is 10.0. The van der Waals surface area contributed by atoms with Crippen molar-refractivity contribution >= 4 is 22.4 Å². The molecule has 3 heterocycles. The Kier molecular flexibility index (Phi) is 3.09. The first-order chi connectivity index (χ1) is 10.8. The van der Waals surface area contributed by atoms with Gasteiger partial charge in [0.15, 0.2) is 11.3 Å². The van der Waals surface area contributed by atoms with Gasteiger partial charge < -0.3 is 4.90 Å². The molecule has 5 nitrogen and oxygen atoms in total. The minimum atomic E-state index is -0.0521. The van der Waals surface area contributed by atoms with Crippen LogP contribution in [0.4, 0.5) is 5.13 Å². The Hall–Kier alpha value is -2.39. The molecular weight excluding hydrogens is 296 g/mol. The van der Waals surface area contributed by atoms with E-state index in [1.165, 1.54) is 0 Å². The van der Waals surface area contributed by atoms with Gasteiger partial charge in [-0.3, -0.25) is 9.69 Å². The summed E-state index contributed by atoms with van der Waals surface area (Å²) in [5.74, 6) is 0.302. The minimum Gasteiger partial charge on any atom is -0.309 e. The first-order valence-electron chi connectivity index (χ1n) is 7.23. The molecule has 0 bridgehead atoms. The van der Waals surface area contributed by atoms with Crippen molar-refractivity contribution in [2.24, 2.45) is 11.8 Å². The Labute approximate surface area is 132 Å². The summed E-state index contributed by atoms with van der Waals surface area (Å²) in [6, 6.07) is 10.1. The zero-order valence-electron chi connectivity index (χ0n) is 11.8. The molecule has 0 saturated carbocycles. The Morgan fingerprint density at radius 1 is 1.23 bits per heavy atom. The van der Waals surface area contributed by atoms with E-state index < -0.39 is 0 Å². The van der Waals surface area contributed by atoms with Crippen molar-refractivity contribution in [3.63, 3.8) is 0 Å². The lowest BCUT2D eigenvalue weighted by molar-refractivity contribution is -0.120. The van der Waals surface area contributed by atoms with Crippen LogP contribution in [0.5, 0.6) is 0 Å². The summed E-state index contributed by atoms with van der Waals surface area (Å²) in [6.45, 7) is 1.90. The van der Waals surface area contributed by atoms with Crippen LogP contribution in [0.25, 0.3) is 10.4 Å². The standard InChI is InChI=1S/C16H14N4OS/c17-10-19-7-12-8-20(15(21)13(12)9-19)16-18-6-14(22-16)11-4-2-1-3-5-11/h1-6,12-13H,7-9H2/t12-,13-/m1/s1. The van der Waals surface area contributed by atoms with Gasteiger partial charge in [0, 0.05) is 31.7 Å². The van der Waals surface area contributed by atoms with Crippen LogP contribution >= 0.6 is 11.3 Å². The molecule has 1 aromatic heterocycles. The van der Waals surface area contributed by atoms with Crippen molar-refractivity contribution in [1.29, 1.82) is 5.26 Å². The number of nitriles is 1. The normalized spacial score (nSPS) is 23.7. The minimum absolute atomic E-state index is 0.0521. The van der Waals surface area contributed by atoms with Crippen LogP contribution < -0.4 is 4.90 Å². The number of nitrogens with zero attached hydrogens (tertiary/aromatic N) is 4. The molecule has 2 aromatic rings. The highest BCUT2D eigenvalue weighted by molar-refractivity contribution is 7.19. The molecule has 0 radical (unpaired) electrons. The van der Waals surface area contributed by atoms with Gasteiger partial charge in [-0.25, -0.2) is 4.98 Å². The Morgan fingerprint density at radius 3 is 2.77 bits per heavy atom. The molecule has 2 aliphatic heterocycles. The zero-order chi connectivity index (χ0) is 15.1. The van der Waals surface area contributed by atoms with E-state index in [0.29, 0.717) is 19.6 Å². The molecular formula is C16H14N4OS. The molecule has 1 aromatic carbocycles. The number of hydrogen-bond donors (Lipinski definition) is 0. The van der Waals surface area contributed by atoms with Crippen LogP contribution in [-0.4, -0.2) is 35.4 Å². The van der Waals surface area contributed by atoms with Gasteiger partial charge in [-0.15, -0.1) is 0 Å². The summed E-state index contributed by atoms with van der Waals surface area (Å²) in [6.07, 6.45) is 3.97. The number of benzene rings is 1. The maximum atomic E-state index is 12.6. The molecule has 2 fully saturated rings. The highest BCUT2D eigenvalue weighted by Crippen LogP contribution is 2.38. The van der Waals surface area contributed by atoms with Crippen molar-refractivity contribution < 1.29 is 4.79 Å². The molecule has 1 amide bonds. The number of carbonyl (C=O) groups is 1. The molecule has 0 unspecified atom stereocenters. The second kappa shape index (κ2) is 5.11. The van der Waals surface area contributed by atoms with E-state index in [-0.39, 0.29) is 17.7 Å². The topological polar surface area (TPSA) is 60.2 Å². The van der Waals surface area contributed by atoms with E-state index in [2.05, 4.69) is 11.2 Å². The Bertz CT molecular complexity index is 751. The lowest BCUT2D eigenvalue weighted by Crippen LogP contribution is -2.31. The average molecular weight is 310 g/mol. The van der Waals surface area contributed by atoms with Gasteiger partial charge in [0.05, 0.1) is 10.8 Å². The third kappa shape index (κ3) is 2.06. The monoisotopic (exact) mass is 310 g/mol. The summed E-state index contributed by atoms with van der Waals surface area (Å²) in [7, 11) is 0. The summed E-state index contributed by atoms with van der Waals surface area (Å²) in [5.41, 5.74) is 1.12. The molecule has 2 atom stereocenters. The van der Waals surface area contributed by atoms with E-state index in [1.807, 2.05) is 36.5 Å². The Balaban J connectivity index is 1.56. The molecule has 2 aliphatic rings. The van der Waals surface area contributed by atoms with Gasteiger partial charge in [0.1, 0.15) is 0 Å². The van der Waals surface area contributed by atoms with Gasteiger partial charge in [-0.05, 0) is 5.56 Å². The highest BCUT2D eigenvalue weighted by Gasteiger charge is 2.47. The highest BCUT2D eigenvalue weighted by atomic mass is 32.1. The fourth-order valence-corrected chi connectivity index (χ4v) is 4.18. The Morgan fingerprint density at radius 2 is 2.05 bits per heavy atom. The molecule has 0 N–H and O–H groups in total. The third-order valence-corrected chi connectivity index (χ3v) is 5.43. The largest absolute Gasteiger partial charge is 0.309 e. The van der Waals surface area contributed by atoms with Crippen molar-refractivity contribution in [3.05, 3.63) is 36.5 Å². The number of aromatic nitrogens is 1. The molecule has 4 rings (SSSR count). The fraction of sp³-hybridized carbons (Fsp3) is 0.312. The summed E-state index contributed by atoms with van der Waals surface area (Å²) < 4.78 is 0. The number of thiazole rings is 1.